The predicted molar refractivity (Wildman–Crippen MR) is 107 cm³/mol. The quantitative estimate of drug-likeness (QED) is 0.803. The summed E-state index contributed by atoms with van der Waals surface area (Å²) in [5.74, 6) is 1.43. The second kappa shape index (κ2) is 8.39. The van der Waals surface area contributed by atoms with Crippen molar-refractivity contribution in [1.82, 2.24) is 20.3 Å². The Bertz CT molecular complexity index is 863. The summed E-state index contributed by atoms with van der Waals surface area (Å²) in [5, 5.41) is 15.5. The first kappa shape index (κ1) is 19.8. The van der Waals surface area contributed by atoms with Gasteiger partial charge >= 0.3 is 6.09 Å². The summed E-state index contributed by atoms with van der Waals surface area (Å²) in [6.45, 7) is 7.09. The van der Waals surface area contributed by atoms with Crippen LogP contribution in [0.4, 0.5) is 21.6 Å². The Balaban J connectivity index is 1.54. The highest BCUT2D eigenvalue weighted by Gasteiger charge is 2.24. The molecule has 3 rings (SSSR count). The molecule has 0 aliphatic carbocycles. The molecule has 1 aliphatic heterocycles. The molecule has 0 unspecified atom stereocenters. The van der Waals surface area contributed by atoms with Crippen molar-refractivity contribution in [1.29, 1.82) is 5.26 Å². The number of rotatable bonds is 4. The molecule has 2 aromatic heterocycles. The van der Waals surface area contributed by atoms with Crippen LogP contribution >= 0.6 is 11.3 Å². The Labute approximate surface area is 167 Å². The van der Waals surface area contributed by atoms with Crippen molar-refractivity contribution in [2.45, 2.75) is 45.3 Å². The number of nitriles is 1. The second-order valence-electron chi connectivity index (χ2n) is 7.44. The first-order chi connectivity index (χ1) is 13.3. The van der Waals surface area contributed by atoms with Gasteiger partial charge < -0.3 is 20.3 Å². The van der Waals surface area contributed by atoms with Gasteiger partial charge in [0.15, 0.2) is 5.13 Å². The number of nitrogens with zero attached hydrogens (tertiary/aromatic N) is 5. The number of alkyl carbamates (subject to hydrolysis) is 1. The molecular weight excluding hydrogens is 378 g/mol. The van der Waals surface area contributed by atoms with Crippen LogP contribution in [0.5, 0.6) is 0 Å². The summed E-state index contributed by atoms with van der Waals surface area (Å²) >= 11 is 1.27. The Morgan fingerprint density at radius 1 is 1.32 bits per heavy atom. The van der Waals surface area contributed by atoms with Crippen LogP contribution in [0, 0.1) is 11.3 Å². The lowest BCUT2D eigenvalue weighted by atomic mass is 10.1. The average Bonchev–Trinajstić information content (AvgIpc) is 3.08. The van der Waals surface area contributed by atoms with Gasteiger partial charge in [0.1, 0.15) is 34.5 Å². The number of thiazole rings is 1. The fraction of sp³-hybridized carbons (Fsp3) is 0.500. The van der Waals surface area contributed by atoms with Crippen LogP contribution < -0.4 is 15.5 Å². The number of ether oxygens (including phenoxy) is 1. The van der Waals surface area contributed by atoms with Crippen molar-refractivity contribution in [3.8, 4) is 6.07 Å². The third-order valence-electron chi connectivity index (χ3n) is 4.04. The van der Waals surface area contributed by atoms with Gasteiger partial charge in [0, 0.05) is 25.2 Å². The number of carbonyl (C=O) groups is 1. The van der Waals surface area contributed by atoms with Crippen LogP contribution in [-0.2, 0) is 4.74 Å². The molecule has 9 nitrogen and oxygen atoms in total. The van der Waals surface area contributed by atoms with E-state index in [4.69, 9.17) is 10.00 Å². The molecule has 1 aliphatic rings. The predicted octanol–water partition coefficient (Wildman–Crippen LogP) is 3.04. The monoisotopic (exact) mass is 401 g/mol. The van der Waals surface area contributed by atoms with Crippen molar-refractivity contribution in [2.75, 3.05) is 23.3 Å². The number of nitrogens with one attached hydrogen (secondary N) is 2. The molecule has 0 saturated carbocycles. The van der Waals surface area contributed by atoms with Gasteiger partial charge in [-0.1, -0.05) is 11.3 Å². The lowest BCUT2D eigenvalue weighted by molar-refractivity contribution is 0.0497. The van der Waals surface area contributed by atoms with E-state index >= 15 is 0 Å². The maximum absolute atomic E-state index is 11.9. The largest absolute Gasteiger partial charge is 0.444 e. The van der Waals surface area contributed by atoms with Gasteiger partial charge in [-0.2, -0.15) is 5.26 Å². The van der Waals surface area contributed by atoms with Gasteiger partial charge in [0.25, 0.3) is 0 Å². The van der Waals surface area contributed by atoms with Crippen LogP contribution in [0.1, 0.15) is 38.5 Å². The molecule has 0 radical (unpaired) electrons. The van der Waals surface area contributed by atoms with Crippen LogP contribution in [-0.4, -0.2) is 45.8 Å². The van der Waals surface area contributed by atoms with E-state index in [0.29, 0.717) is 15.8 Å². The number of piperidine rings is 1. The number of hydrogen-bond acceptors (Lipinski definition) is 9. The molecule has 0 spiro atoms. The van der Waals surface area contributed by atoms with Crippen molar-refractivity contribution in [3.63, 3.8) is 0 Å². The van der Waals surface area contributed by atoms with Gasteiger partial charge in [0.2, 0.25) is 0 Å². The first-order valence-corrected chi connectivity index (χ1v) is 9.83. The van der Waals surface area contributed by atoms with E-state index < -0.39 is 5.60 Å². The first-order valence-electron chi connectivity index (χ1n) is 9.02. The molecule has 1 fully saturated rings. The molecule has 0 aromatic carbocycles. The molecule has 2 aromatic rings. The van der Waals surface area contributed by atoms with E-state index in [-0.39, 0.29) is 12.1 Å². The Hall–Kier alpha value is -2.93. The van der Waals surface area contributed by atoms with Gasteiger partial charge in [-0.15, -0.1) is 0 Å². The van der Waals surface area contributed by atoms with Crippen molar-refractivity contribution in [2.24, 2.45) is 0 Å². The van der Waals surface area contributed by atoms with Crippen molar-refractivity contribution < 1.29 is 9.53 Å². The zero-order chi connectivity index (χ0) is 20.1. The SMILES string of the molecule is CC(C)(C)OC(=O)NC1CCN(c2cc(Nc3ncc(C#N)s3)ncn2)CC1. The molecular formula is C18H23N7O2S. The summed E-state index contributed by atoms with van der Waals surface area (Å²) in [6, 6.07) is 4.01. The van der Waals surface area contributed by atoms with E-state index in [0.717, 1.165) is 31.7 Å². The van der Waals surface area contributed by atoms with Gasteiger partial charge in [-0.05, 0) is 33.6 Å². The number of anilines is 3. The molecule has 148 valence electrons. The summed E-state index contributed by atoms with van der Waals surface area (Å²) in [6.07, 6.45) is 4.27. The van der Waals surface area contributed by atoms with Crippen LogP contribution in [0.2, 0.25) is 0 Å². The van der Waals surface area contributed by atoms with E-state index in [2.05, 4.69) is 36.6 Å². The van der Waals surface area contributed by atoms with Gasteiger partial charge in [-0.3, -0.25) is 0 Å². The minimum absolute atomic E-state index is 0.0882. The van der Waals surface area contributed by atoms with E-state index in [1.807, 2.05) is 26.8 Å². The maximum Gasteiger partial charge on any atom is 0.407 e. The standard InChI is InChI=1S/C18H23N7O2S/c1-18(2,3)27-17(26)23-12-4-6-25(7-5-12)15-8-14(21-11-22-15)24-16-20-10-13(9-19)28-16/h8,10-12H,4-7H2,1-3H3,(H,23,26)(H,20,21,22,24). The number of aromatic nitrogens is 3. The second-order valence-corrected chi connectivity index (χ2v) is 8.47. The number of carbonyl (C=O) groups excluding carboxylic acids is 1. The zero-order valence-corrected chi connectivity index (χ0v) is 16.9. The fourth-order valence-corrected chi connectivity index (χ4v) is 3.43. The Morgan fingerprint density at radius 2 is 2.07 bits per heavy atom. The normalized spacial score (nSPS) is 15.0. The number of amides is 1. The van der Waals surface area contributed by atoms with Crippen LogP contribution in [0.3, 0.4) is 0 Å². The molecule has 2 N–H and O–H groups in total. The molecule has 10 heteroatoms. The highest BCUT2D eigenvalue weighted by molar-refractivity contribution is 7.16. The number of hydrogen-bond donors (Lipinski definition) is 2. The molecule has 1 amide bonds. The summed E-state index contributed by atoms with van der Waals surface area (Å²) in [4.78, 5) is 27.3. The van der Waals surface area contributed by atoms with Gasteiger partial charge in [-0.25, -0.2) is 19.7 Å². The smallest absolute Gasteiger partial charge is 0.407 e. The van der Waals surface area contributed by atoms with Gasteiger partial charge in [0.05, 0.1) is 6.20 Å². The highest BCUT2D eigenvalue weighted by atomic mass is 32.1. The van der Waals surface area contributed by atoms with Crippen LogP contribution in [0.15, 0.2) is 18.6 Å². The third-order valence-corrected chi connectivity index (χ3v) is 4.86. The van der Waals surface area contributed by atoms with E-state index in [1.165, 1.54) is 23.9 Å². The minimum atomic E-state index is -0.499. The Morgan fingerprint density at radius 3 is 2.71 bits per heavy atom. The lowest BCUT2D eigenvalue weighted by Crippen LogP contribution is -2.46. The lowest BCUT2D eigenvalue weighted by Gasteiger charge is -2.33. The minimum Gasteiger partial charge on any atom is -0.444 e. The summed E-state index contributed by atoms with van der Waals surface area (Å²) in [5.41, 5.74) is -0.499. The van der Waals surface area contributed by atoms with Crippen molar-refractivity contribution >= 4 is 34.2 Å². The summed E-state index contributed by atoms with van der Waals surface area (Å²) in [7, 11) is 0. The van der Waals surface area contributed by atoms with Crippen LogP contribution in [0.25, 0.3) is 0 Å². The molecule has 3 heterocycles. The maximum atomic E-state index is 11.9. The molecule has 28 heavy (non-hydrogen) atoms. The van der Waals surface area contributed by atoms with E-state index in [9.17, 15) is 4.79 Å². The van der Waals surface area contributed by atoms with E-state index in [1.54, 1.807) is 0 Å². The third kappa shape index (κ3) is 5.53. The molecule has 1 saturated heterocycles. The topological polar surface area (TPSA) is 116 Å². The zero-order valence-electron chi connectivity index (χ0n) is 16.1. The molecule has 0 atom stereocenters. The molecule has 0 bridgehead atoms. The Kier molecular flexibility index (Phi) is 5.94. The van der Waals surface area contributed by atoms with Crippen molar-refractivity contribution in [3.05, 3.63) is 23.5 Å². The summed E-state index contributed by atoms with van der Waals surface area (Å²) < 4.78 is 5.32. The average molecular weight is 401 g/mol. The highest BCUT2D eigenvalue weighted by Crippen LogP contribution is 2.24. The fourth-order valence-electron chi connectivity index (χ4n) is 2.81.